The highest BCUT2D eigenvalue weighted by Crippen LogP contribution is 2.33. The number of nitrogens with zero attached hydrogens (tertiary/aromatic N) is 3. The lowest BCUT2D eigenvalue weighted by molar-refractivity contribution is -0.120. The van der Waals surface area contributed by atoms with E-state index in [4.69, 9.17) is 4.74 Å². The van der Waals surface area contributed by atoms with Crippen molar-refractivity contribution in [2.75, 3.05) is 43.6 Å². The van der Waals surface area contributed by atoms with Crippen LogP contribution in [-0.4, -0.2) is 69.9 Å². The van der Waals surface area contributed by atoms with Crippen LogP contribution in [0.3, 0.4) is 0 Å². The molecular weight excluding hydrogens is 382 g/mol. The monoisotopic (exact) mass is 417 g/mol. The number of rotatable bonds is 13. The highest BCUT2D eigenvalue weighted by Gasteiger charge is 2.21. The molecule has 0 spiro atoms. The summed E-state index contributed by atoms with van der Waals surface area (Å²) in [6.45, 7) is 4.21. The fourth-order valence-electron chi connectivity index (χ4n) is 4.01. The van der Waals surface area contributed by atoms with E-state index in [0.29, 0.717) is 6.61 Å². The van der Waals surface area contributed by atoms with Crippen LogP contribution in [0, 0.1) is 0 Å². The van der Waals surface area contributed by atoms with Crippen LogP contribution in [0.4, 0.5) is 11.4 Å². The van der Waals surface area contributed by atoms with Crippen LogP contribution in [0.5, 0.6) is 0 Å². The van der Waals surface area contributed by atoms with Crippen molar-refractivity contribution in [3.05, 3.63) is 23.8 Å². The third-order valence-corrected chi connectivity index (χ3v) is 5.80. The molecule has 1 aliphatic rings. The Morgan fingerprint density at radius 2 is 1.93 bits per heavy atom. The van der Waals surface area contributed by atoms with Crippen molar-refractivity contribution in [2.45, 2.75) is 57.6 Å². The van der Waals surface area contributed by atoms with Crippen molar-refractivity contribution in [1.82, 2.24) is 4.90 Å². The number of carbonyl (C=O) groups excluding carboxylic acids is 3. The fourth-order valence-corrected chi connectivity index (χ4v) is 4.01. The zero-order valence-electron chi connectivity index (χ0n) is 18.5. The molecule has 7 nitrogen and oxygen atoms in total. The summed E-state index contributed by atoms with van der Waals surface area (Å²) in [6.07, 6.45) is 7.95. The molecule has 1 fully saturated rings. The number of likely N-dealkylation sites (N-methyl/N-ethyl adjacent to an activating group) is 1. The number of hydrogen-bond donors (Lipinski definition) is 0. The van der Waals surface area contributed by atoms with Gasteiger partial charge >= 0.3 is 0 Å². The first kappa shape index (κ1) is 23.9. The average molecular weight is 418 g/mol. The Balaban J connectivity index is 2.03. The molecule has 30 heavy (non-hydrogen) atoms. The summed E-state index contributed by atoms with van der Waals surface area (Å²) in [4.78, 5) is 39.3. The van der Waals surface area contributed by atoms with Gasteiger partial charge in [-0.25, -0.2) is 0 Å². The number of amides is 2. The molecule has 1 aliphatic heterocycles. The Morgan fingerprint density at radius 3 is 2.53 bits per heavy atom. The van der Waals surface area contributed by atoms with Gasteiger partial charge in [0.25, 0.3) is 0 Å². The molecule has 2 rings (SSSR count). The van der Waals surface area contributed by atoms with Gasteiger partial charge in [0, 0.05) is 33.8 Å². The molecule has 1 unspecified atom stereocenters. The van der Waals surface area contributed by atoms with Crippen molar-refractivity contribution < 1.29 is 19.1 Å². The fraction of sp³-hybridized carbons (Fsp3) is 0.609. The van der Waals surface area contributed by atoms with Crippen LogP contribution in [0.15, 0.2) is 18.2 Å². The van der Waals surface area contributed by atoms with Crippen molar-refractivity contribution in [1.29, 1.82) is 0 Å². The summed E-state index contributed by atoms with van der Waals surface area (Å²) in [6, 6.07) is 5.75. The van der Waals surface area contributed by atoms with Crippen LogP contribution >= 0.6 is 0 Å². The van der Waals surface area contributed by atoms with E-state index in [-0.39, 0.29) is 12.1 Å². The van der Waals surface area contributed by atoms with Gasteiger partial charge in [-0.05, 0) is 43.7 Å². The summed E-state index contributed by atoms with van der Waals surface area (Å²) in [5.74, 6) is 0. The topological polar surface area (TPSA) is 70.2 Å². The van der Waals surface area contributed by atoms with Crippen molar-refractivity contribution in [3.63, 3.8) is 0 Å². The highest BCUT2D eigenvalue weighted by atomic mass is 16.5. The average Bonchev–Trinajstić information content (AvgIpc) is 2.79. The number of aldehydes is 1. The van der Waals surface area contributed by atoms with Gasteiger partial charge < -0.3 is 24.2 Å². The standard InChI is InChI=1S/C23H35N3O4/c1-4-7-20(16-27)25(3)22-10-5-8-19(23(22)24(2)17-28)9-6-15-30-21-11-13-26(18-29)14-12-21/h5,8,10,16-18,20-21H,4,6-7,9,11-15H2,1-3H3. The lowest BCUT2D eigenvalue weighted by atomic mass is 10.0. The van der Waals surface area contributed by atoms with Crippen molar-refractivity contribution >= 4 is 30.5 Å². The number of likely N-dealkylation sites (tertiary alicyclic amines) is 1. The Kier molecular flexibility index (Phi) is 9.80. The maximum Gasteiger partial charge on any atom is 0.213 e. The van der Waals surface area contributed by atoms with Gasteiger partial charge in [-0.2, -0.15) is 0 Å². The predicted molar refractivity (Wildman–Crippen MR) is 119 cm³/mol. The summed E-state index contributed by atoms with van der Waals surface area (Å²) >= 11 is 0. The molecule has 7 heteroatoms. The quantitative estimate of drug-likeness (QED) is 0.365. The number of hydrogen-bond acceptors (Lipinski definition) is 5. The number of anilines is 2. The van der Waals surface area contributed by atoms with E-state index in [2.05, 4.69) is 6.92 Å². The van der Waals surface area contributed by atoms with Crippen LogP contribution in [-0.2, 0) is 25.5 Å². The smallest absolute Gasteiger partial charge is 0.213 e. The first-order valence-corrected chi connectivity index (χ1v) is 10.8. The number of para-hydroxylation sites is 1. The SMILES string of the molecule is CCCC(C=O)N(C)c1cccc(CCCOC2CCN(C=O)CC2)c1N(C)C=O. The molecule has 1 heterocycles. The van der Waals surface area contributed by atoms with Gasteiger partial charge in [0.15, 0.2) is 0 Å². The van der Waals surface area contributed by atoms with Gasteiger partial charge in [-0.3, -0.25) is 9.59 Å². The van der Waals surface area contributed by atoms with Crippen LogP contribution in [0.1, 0.15) is 44.6 Å². The Labute approximate surface area is 180 Å². The molecule has 1 atom stereocenters. The van der Waals surface area contributed by atoms with E-state index in [1.165, 1.54) is 0 Å². The Bertz CT molecular complexity index is 689. The van der Waals surface area contributed by atoms with E-state index < -0.39 is 0 Å². The summed E-state index contributed by atoms with van der Waals surface area (Å²) < 4.78 is 6.01. The van der Waals surface area contributed by atoms with Crippen LogP contribution < -0.4 is 9.80 Å². The van der Waals surface area contributed by atoms with Crippen LogP contribution in [0.2, 0.25) is 0 Å². The largest absolute Gasteiger partial charge is 0.378 e. The van der Waals surface area contributed by atoms with E-state index in [9.17, 15) is 14.4 Å². The van der Waals surface area contributed by atoms with Gasteiger partial charge in [0.2, 0.25) is 12.8 Å². The van der Waals surface area contributed by atoms with Gasteiger partial charge in [-0.15, -0.1) is 0 Å². The minimum Gasteiger partial charge on any atom is -0.378 e. The Morgan fingerprint density at radius 1 is 1.20 bits per heavy atom. The number of aryl methyl sites for hydroxylation is 1. The van der Waals surface area contributed by atoms with Gasteiger partial charge in [0.1, 0.15) is 6.29 Å². The zero-order valence-corrected chi connectivity index (χ0v) is 18.5. The number of carbonyl (C=O) groups is 3. The molecule has 0 radical (unpaired) electrons. The van der Waals surface area contributed by atoms with Crippen LogP contribution in [0.25, 0.3) is 0 Å². The molecule has 0 bridgehead atoms. The summed E-state index contributed by atoms with van der Waals surface area (Å²) in [5, 5.41) is 0. The van der Waals surface area contributed by atoms with E-state index in [1.807, 2.05) is 30.1 Å². The second kappa shape index (κ2) is 12.3. The molecule has 1 saturated heterocycles. The zero-order chi connectivity index (χ0) is 21.9. The Hall–Kier alpha value is -2.41. The van der Waals surface area contributed by atoms with E-state index >= 15 is 0 Å². The lowest BCUT2D eigenvalue weighted by Gasteiger charge is -2.31. The molecular formula is C23H35N3O4. The number of piperidine rings is 1. The van der Waals surface area contributed by atoms with Crippen molar-refractivity contribution in [2.24, 2.45) is 0 Å². The second-order valence-corrected chi connectivity index (χ2v) is 7.92. The minimum atomic E-state index is -0.218. The first-order chi connectivity index (χ1) is 14.5. The molecule has 0 aliphatic carbocycles. The first-order valence-electron chi connectivity index (χ1n) is 10.8. The summed E-state index contributed by atoms with van der Waals surface area (Å²) in [5.41, 5.74) is 2.79. The molecule has 166 valence electrons. The predicted octanol–water partition coefficient (Wildman–Crippen LogP) is 2.65. The van der Waals surface area contributed by atoms with Gasteiger partial charge in [0.05, 0.1) is 23.5 Å². The normalized spacial score (nSPS) is 15.5. The van der Waals surface area contributed by atoms with E-state index in [1.54, 1.807) is 16.8 Å². The molecule has 0 saturated carbocycles. The molecule has 1 aromatic carbocycles. The summed E-state index contributed by atoms with van der Waals surface area (Å²) in [7, 11) is 3.65. The number of benzene rings is 1. The lowest BCUT2D eigenvalue weighted by Crippen LogP contribution is -2.36. The maximum absolute atomic E-state index is 11.6. The van der Waals surface area contributed by atoms with E-state index in [0.717, 1.165) is 87.7 Å². The maximum atomic E-state index is 11.6. The van der Waals surface area contributed by atoms with Crippen molar-refractivity contribution in [3.8, 4) is 0 Å². The molecule has 0 aromatic heterocycles. The van der Waals surface area contributed by atoms with Gasteiger partial charge in [-0.1, -0.05) is 25.5 Å². The molecule has 0 N–H and O–H groups in total. The third kappa shape index (κ3) is 6.29. The highest BCUT2D eigenvalue weighted by molar-refractivity contribution is 5.87. The minimum absolute atomic E-state index is 0.207. The molecule has 2 amide bonds. The second-order valence-electron chi connectivity index (χ2n) is 7.92. The number of ether oxygens (including phenoxy) is 1. The molecule has 1 aromatic rings. The third-order valence-electron chi connectivity index (χ3n) is 5.80.